The highest BCUT2D eigenvalue weighted by molar-refractivity contribution is 6.01. The Balaban J connectivity index is 0.000000244. The van der Waals surface area contributed by atoms with E-state index in [0.717, 1.165) is 38.5 Å². The molecular formula is C34H51N3O9. The zero-order valence-electron chi connectivity index (χ0n) is 27.9. The average Bonchev–Trinajstić information content (AvgIpc) is 3.99. The van der Waals surface area contributed by atoms with E-state index in [1.54, 1.807) is 19.9 Å². The topological polar surface area (TPSA) is 166 Å². The lowest BCUT2D eigenvalue weighted by molar-refractivity contribution is -0.144. The fourth-order valence-electron chi connectivity index (χ4n) is 4.95. The number of para-hydroxylation sites is 1. The highest BCUT2D eigenvalue weighted by Gasteiger charge is 2.27. The van der Waals surface area contributed by atoms with E-state index in [1.165, 1.54) is 34.2 Å². The molecule has 0 saturated heterocycles. The van der Waals surface area contributed by atoms with Crippen molar-refractivity contribution >= 4 is 41.2 Å². The molecule has 3 saturated carbocycles. The molecule has 0 aliphatic heterocycles. The molecule has 12 nitrogen and oxygen atoms in total. The molecule has 0 aromatic heterocycles. The summed E-state index contributed by atoms with van der Waals surface area (Å²) in [5, 5.41) is 8.18. The summed E-state index contributed by atoms with van der Waals surface area (Å²) in [6.07, 6.45) is 11.0. The Morgan fingerprint density at radius 2 is 1.13 bits per heavy atom. The van der Waals surface area contributed by atoms with Crippen molar-refractivity contribution in [3.63, 3.8) is 0 Å². The van der Waals surface area contributed by atoms with Gasteiger partial charge in [-0.1, -0.05) is 25.0 Å². The van der Waals surface area contributed by atoms with Crippen molar-refractivity contribution in [2.24, 2.45) is 17.8 Å². The third-order valence-corrected chi connectivity index (χ3v) is 8.03. The number of benzene rings is 1. The third kappa shape index (κ3) is 15.4. The maximum atomic E-state index is 12.1. The lowest BCUT2D eigenvalue weighted by Gasteiger charge is -2.13. The summed E-state index contributed by atoms with van der Waals surface area (Å²) in [6.45, 7) is 3.33. The second kappa shape index (κ2) is 20.2. The molecule has 3 fully saturated rings. The van der Waals surface area contributed by atoms with Crippen molar-refractivity contribution < 1.29 is 43.0 Å². The first-order chi connectivity index (χ1) is 22.0. The molecule has 3 N–H and O–H groups in total. The molecule has 0 radical (unpaired) electrons. The molecule has 0 spiro atoms. The van der Waals surface area contributed by atoms with E-state index in [2.05, 4.69) is 30.2 Å². The summed E-state index contributed by atoms with van der Waals surface area (Å²) in [5.74, 6) is 0.523. The molecule has 1 aromatic rings. The molecule has 2 unspecified atom stereocenters. The number of ether oxygens (including phenoxy) is 3. The molecule has 2 atom stereocenters. The fourth-order valence-corrected chi connectivity index (χ4v) is 4.95. The van der Waals surface area contributed by atoms with Gasteiger partial charge in [0, 0.05) is 30.5 Å². The van der Waals surface area contributed by atoms with Crippen molar-refractivity contribution in [2.75, 3.05) is 33.2 Å². The summed E-state index contributed by atoms with van der Waals surface area (Å²) in [5.41, 5.74) is 1.36. The Morgan fingerprint density at radius 1 is 0.674 bits per heavy atom. The van der Waals surface area contributed by atoms with Gasteiger partial charge in [-0.25, -0.2) is 9.59 Å². The van der Waals surface area contributed by atoms with Gasteiger partial charge in [0.2, 0.25) is 11.8 Å². The van der Waals surface area contributed by atoms with Gasteiger partial charge in [-0.15, -0.1) is 0 Å². The minimum Gasteiger partial charge on any atom is -0.468 e. The average molecular weight is 646 g/mol. The van der Waals surface area contributed by atoms with Crippen molar-refractivity contribution in [3.05, 3.63) is 29.8 Å². The standard InChI is InChI=1S/C14H17NO3.C11H19NO3.C9H15NO3/c1-18-14(17)9-15-12-5-3-2-4-11(12)13(16)8-10-6-7-10;1-8(11(14)15-2)12-10(13)7-9-5-3-4-6-9;1-6(9(12)13-2)10-8(11)5-7-3-4-7/h2-5,10,15H,6-9H2,1H3;8-9H,3-7H2,1-2H3,(H,12,13);6-7H,3-5H2,1-2H3,(H,10,11). The summed E-state index contributed by atoms with van der Waals surface area (Å²) in [6, 6.07) is 6.21. The highest BCUT2D eigenvalue weighted by atomic mass is 16.5. The molecule has 2 amide bonds. The lowest BCUT2D eigenvalue weighted by Crippen LogP contribution is -2.39. The monoisotopic (exact) mass is 645 g/mol. The van der Waals surface area contributed by atoms with E-state index in [-0.39, 0.29) is 30.1 Å². The van der Waals surface area contributed by atoms with Gasteiger partial charge in [0.1, 0.15) is 18.6 Å². The largest absolute Gasteiger partial charge is 0.468 e. The lowest BCUT2D eigenvalue weighted by atomic mass is 10.0. The number of methoxy groups -OCH3 is 3. The fraction of sp³-hybridized carbons (Fsp3) is 0.647. The minimum atomic E-state index is -0.538. The smallest absolute Gasteiger partial charge is 0.328 e. The molecule has 0 bridgehead atoms. The van der Waals surface area contributed by atoms with E-state index >= 15 is 0 Å². The molecule has 4 rings (SSSR count). The first kappa shape index (κ1) is 38.2. The second-order valence-corrected chi connectivity index (χ2v) is 12.2. The van der Waals surface area contributed by atoms with Crippen LogP contribution in [0.4, 0.5) is 5.69 Å². The maximum Gasteiger partial charge on any atom is 0.328 e. The molecule has 3 aliphatic rings. The molecular weight excluding hydrogens is 594 g/mol. The molecule has 1 aromatic carbocycles. The van der Waals surface area contributed by atoms with Gasteiger partial charge in [-0.2, -0.15) is 0 Å². The number of hydrogen-bond donors (Lipinski definition) is 3. The Hall–Kier alpha value is -3.96. The predicted molar refractivity (Wildman–Crippen MR) is 172 cm³/mol. The predicted octanol–water partition coefficient (Wildman–Crippen LogP) is 3.96. The summed E-state index contributed by atoms with van der Waals surface area (Å²) in [7, 11) is 3.97. The number of hydrogen-bond acceptors (Lipinski definition) is 10. The number of carbonyl (C=O) groups is 6. The zero-order valence-corrected chi connectivity index (χ0v) is 27.9. The first-order valence-electron chi connectivity index (χ1n) is 16.1. The Kier molecular flexibility index (Phi) is 16.8. The van der Waals surface area contributed by atoms with E-state index in [1.807, 2.05) is 18.2 Å². The number of anilines is 1. The van der Waals surface area contributed by atoms with Gasteiger partial charge in [0.25, 0.3) is 0 Å². The number of nitrogens with one attached hydrogen (secondary N) is 3. The van der Waals surface area contributed by atoms with Crippen LogP contribution in [0.3, 0.4) is 0 Å². The Morgan fingerprint density at radius 3 is 1.59 bits per heavy atom. The van der Waals surface area contributed by atoms with Gasteiger partial charge in [0.05, 0.1) is 21.3 Å². The van der Waals surface area contributed by atoms with E-state index < -0.39 is 24.0 Å². The van der Waals surface area contributed by atoms with Crippen molar-refractivity contribution in [1.82, 2.24) is 10.6 Å². The van der Waals surface area contributed by atoms with Crippen LogP contribution >= 0.6 is 0 Å². The minimum absolute atomic E-state index is 0.0419. The van der Waals surface area contributed by atoms with Crippen LogP contribution in [0.25, 0.3) is 0 Å². The zero-order chi connectivity index (χ0) is 34.1. The van der Waals surface area contributed by atoms with Gasteiger partial charge in [-0.3, -0.25) is 19.2 Å². The molecule has 3 aliphatic carbocycles. The van der Waals surface area contributed by atoms with Crippen molar-refractivity contribution in [2.45, 2.75) is 96.6 Å². The number of Topliss-reactive ketones (excluding diaryl/α,β-unsaturated/α-hetero) is 1. The summed E-state index contributed by atoms with van der Waals surface area (Å²) < 4.78 is 13.6. The van der Waals surface area contributed by atoms with Gasteiger partial charge in [0.15, 0.2) is 5.78 Å². The van der Waals surface area contributed by atoms with Crippen LogP contribution in [0.1, 0.15) is 94.8 Å². The Labute approximate surface area is 272 Å². The first-order valence-corrected chi connectivity index (χ1v) is 16.1. The summed E-state index contributed by atoms with van der Waals surface area (Å²) in [4.78, 5) is 67.8. The number of carbonyl (C=O) groups excluding carboxylic acids is 6. The number of amides is 2. The van der Waals surface area contributed by atoms with Crippen LogP contribution in [-0.2, 0) is 38.2 Å². The van der Waals surface area contributed by atoms with Crippen LogP contribution < -0.4 is 16.0 Å². The normalized spacial score (nSPS) is 16.5. The van der Waals surface area contributed by atoms with Crippen molar-refractivity contribution in [3.8, 4) is 0 Å². The van der Waals surface area contributed by atoms with Crippen molar-refractivity contribution in [1.29, 1.82) is 0 Å². The van der Waals surface area contributed by atoms with E-state index in [9.17, 15) is 28.8 Å². The third-order valence-electron chi connectivity index (χ3n) is 8.03. The molecule has 0 heterocycles. The highest BCUT2D eigenvalue weighted by Crippen LogP contribution is 2.34. The number of ketones is 1. The molecule has 12 heteroatoms. The molecule has 256 valence electrons. The molecule has 46 heavy (non-hydrogen) atoms. The SMILES string of the molecule is COC(=O)C(C)NC(=O)CC1CC1.COC(=O)C(C)NC(=O)CC1CCCC1.COC(=O)CNc1ccccc1C(=O)CC1CC1. The Bertz CT molecular complexity index is 1170. The van der Waals surface area contributed by atoms with E-state index in [0.29, 0.717) is 48.3 Å². The summed E-state index contributed by atoms with van der Waals surface area (Å²) >= 11 is 0. The quantitative estimate of drug-likeness (QED) is 0.153. The van der Waals surface area contributed by atoms with Gasteiger partial charge >= 0.3 is 17.9 Å². The van der Waals surface area contributed by atoms with Crippen LogP contribution in [0.5, 0.6) is 0 Å². The maximum absolute atomic E-state index is 12.1. The van der Waals surface area contributed by atoms with Crippen LogP contribution in [0.2, 0.25) is 0 Å². The van der Waals surface area contributed by atoms with Crippen LogP contribution in [-0.4, -0.2) is 75.5 Å². The number of esters is 3. The second-order valence-electron chi connectivity index (χ2n) is 12.2. The van der Waals surface area contributed by atoms with Gasteiger partial charge in [-0.05, 0) is 82.3 Å². The van der Waals surface area contributed by atoms with Crippen LogP contribution in [0, 0.1) is 17.8 Å². The van der Waals surface area contributed by atoms with E-state index in [4.69, 9.17) is 0 Å². The van der Waals surface area contributed by atoms with Crippen LogP contribution in [0.15, 0.2) is 24.3 Å². The van der Waals surface area contributed by atoms with Gasteiger partial charge < -0.3 is 30.2 Å². The number of rotatable bonds is 14.